The molecule has 1 saturated heterocycles. The summed E-state index contributed by atoms with van der Waals surface area (Å²) in [7, 11) is 0. The fourth-order valence-corrected chi connectivity index (χ4v) is 3.08. The highest BCUT2D eigenvalue weighted by atomic mass is 16.2. The van der Waals surface area contributed by atoms with Gasteiger partial charge >= 0.3 is 0 Å². The number of rotatable bonds is 3. The van der Waals surface area contributed by atoms with Gasteiger partial charge in [-0.05, 0) is 25.2 Å². The molecule has 0 bridgehead atoms. The topological polar surface area (TPSA) is 75.4 Å². The van der Waals surface area contributed by atoms with Crippen LogP contribution in [-0.4, -0.2) is 41.9 Å². The fraction of sp³-hybridized carbons (Fsp3) is 0.846. The molecule has 2 rings (SSSR count). The van der Waals surface area contributed by atoms with Crippen molar-refractivity contribution in [2.24, 2.45) is 11.7 Å². The van der Waals surface area contributed by atoms with E-state index in [-0.39, 0.29) is 23.9 Å². The minimum absolute atomic E-state index is 0.0205. The Morgan fingerprint density at radius 2 is 2.28 bits per heavy atom. The Morgan fingerprint density at radius 3 is 2.89 bits per heavy atom. The van der Waals surface area contributed by atoms with Gasteiger partial charge in [-0.2, -0.15) is 0 Å². The van der Waals surface area contributed by atoms with Gasteiger partial charge in [0, 0.05) is 25.6 Å². The van der Waals surface area contributed by atoms with Gasteiger partial charge in [-0.25, -0.2) is 0 Å². The predicted molar refractivity (Wildman–Crippen MR) is 68.7 cm³/mol. The van der Waals surface area contributed by atoms with Crippen molar-refractivity contribution in [2.45, 2.75) is 51.1 Å². The van der Waals surface area contributed by atoms with Gasteiger partial charge in [0.2, 0.25) is 11.8 Å². The number of piperazine rings is 1. The lowest BCUT2D eigenvalue weighted by Gasteiger charge is -2.35. The molecule has 5 heteroatoms. The van der Waals surface area contributed by atoms with Crippen molar-refractivity contribution in [1.82, 2.24) is 10.2 Å². The molecule has 0 aromatic rings. The van der Waals surface area contributed by atoms with Crippen molar-refractivity contribution >= 4 is 11.8 Å². The van der Waals surface area contributed by atoms with Crippen LogP contribution in [0.1, 0.15) is 39.0 Å². The van der Waals surface area contributed by atoms with Crippen LogP contribution >= 0.6 is 0 Å². The van der Waals surface area contributed by atoms with E-state index in [2.05, 4.69) is 5.32 Å². The summed E-state index contributed by atoms with van der Waals surface area (Å²) in [4.78, 5) is 25.8. The summed E-state index contributed by atoms with van der Waals surface area (Å²) in [5.41, 5.74) is 6.00. The Bertz CT molecular complexity index is 332. The van der Waals surface area contributed by atoms with Crippen molar-refractivity contribution in [2.75, 3.05) is 13.1 Å². The van der Waals surface area contributed by atoms with Crippen LogP contribution in [0.25, 0.3) is 0 Å². The molecule has 3 N–H and O–H groups in total. The molecule has 0 aromatic carbocycles. The van der Waals surface area contributed by atoms with Crippen molar-refractivity contribution < 1.29 is 9.59 Å². The normalized spacial score (nSPS) is 32.4. The molecule has 5 nitrogen and oxygen atoms in total. The first-order valence-corrected chi connectivity index (χ1v) is 6.96. The molecule has 1 saturated carbocycles. The lowest BCUT2D eigenvalue weighted by molar-refractivity contribution is -0.144. The van der Waals surface area contributed by atoms with Gasteiger partial charge in [0.05, 0.1) is 0 Å². The summed E-state index contributed by atoms with van der Waals surface area (Å²) >= 11 is 0. The molecule has 1 aliphatic heterocycles. The zero-order valence-electron chi connectivity index (χ0n) is 11.0. The van der Waals surface area contributed by atoms with Crippen molar-refractivity contribution in [3.8, 4) is 0 Å². The van der Waals surface area contributed by atoms with Gasteiger partial charge in [0.1, 0.15) is 6.04 Å². The SMILES string of the molecule is CCC1C(=O)NCCN1C(=O)C[C@@H]1CCC[C@H]1N. The molecule has 1 heterocycles. The molecule has 0 radical (unpaired) electrons. The van der Waals surface area contributed by atoms with Crippen LogP contribution in [0.4, 0.5) is 0 Å². The molecule has 102 valence electrons. The van der Waals surface area contributed by atoms with E-state index in [4.69, 9.17) is 5.73 Å². The standard InChI is InChI=1S/C13H23N3O2/c1-2-11-13(18)15-6-7-16(11)12(17)8-9-4-3-5-10(9)14/h9-11H,2-8,14H2,1H3,(H,15,18)/t9-,10+,11?/m0/s1. The molecule has 3 atom stereocenters. The monoisotopic (exact) mass is 253 g/mol. The van der Waals surface area contributed by atoms with Gasteiger partial charge in [0.25, 0.3) is 0 Å². The molecule has 2 amide bonds. The summed E-state index contributed by atoms with van der Waals surface area (Å²) in [5.74, 6) is 0.381. The third-order valence-electron chi connectivity index (χ3n) is 4.19. The molecule has 1 aliphatic carbocycles. The second-order valence-electron chi connectivity index (χ2n) is 5.36. The zero-order valence-corrected chi connectivity index (χ0v) is 11.0. The minimum atomic E-state index is -0.288. The minimum Gasteiger partial charge on any atom is -0.353 e. The third kappa shape index (κ3) is 2.66. The van der Waals surface area contributed by atoms with Crippen LogP contribution in [0.5, 0.6) is 0 Å². The number of hydrogen-bond donors (Lipinski definition) is 2. The first kappa shape index (κ1) is 13.3. The number of nitrogens with one attached hydrogen (secondary N) is 1. The maximum absolute atomic E-state index is 12.3. The summed E-state index contributed by atoms with van der Waals surface area (Å²) in [6.45, 7) is 3.14. The number of nitrogens with zero attached hydrogens (tertiary/aromatic N) is 1. The van der Waals surface area contributed by atoms with Gasteiger partial charge in [0.15, 0.2) is 0 Å². The first-order chi connectivity index (χ1) is 8.63. The highest BCUT2D eigenvalue weighted by molar-refractivity contribution is 5.88. The lowest BCUT2D eigenvalue weighted by Crippen LogP contribution is -2.57. The quantitative estimate of drug-likeness (QED) is 0.756. The average Bonchev–Trinajstić information content (AvgIpc) is 2.74. The van der Waals surface area contributed by atoms with Crippen LogP contribution in [0, 0.1) is 5.92 Å². The number of carbonyl (C=O) groups is 2. The second kappa shape index (κ2) is 5.69. The van der Waals surface area contributed by atoms with Crippen molar-refractivity contribution in [3.63, 3.8) is 0 Å². The van der Waals surface area contributed by atoms with Gasteiger partial charge in [-0.3, -0.25) is 9.59 Å². The maximum Gasteiger partial charge on any atom is 0.242 e. The van der Waals surface area contributed by atoms with Gasteiger partial charge in [-0.1, -0.05) is 13.3 Å². The van der Waals surface area contributed by atoms with E-state index < -0.39 is 0 Å². The first-order valence-electron chi connectivity index (χ1n) is 6.96. The molecule has 1 unspecified atom stereocenters. The van der Waals surface area contributed by atoms with Crippen molar-refractivity contribution in [1.29, 1.82) is 0 Å². The largest absolute Gasteiger partial charge is 0.353 e. The lowest BCUT2D eigenvalue weighted by atomic mass is 9.98. The smallest absolute Gasteiger partial charge is 0.242 e. The molecule has 2 fully saturated rings. The van der Waals surface area contributed by atoms with Crippen LogP contribution in [0.3, 0.4) is 0 Å². The number of nitrogens with two attached hydrogens (primary N) is 1. The van der Waals surface area contributed by atoms with E-state index in [1.54, 1.807) is 4.90 Å². The molecular weight excluding hydrogens is 230 g/mol. The van der Waals surface area contributed by atoms with E-state index >= 15 is 0 Å². The van der Waals surface area contributed by atoms with E-state index in [9.17, 15) is 9.59 Å². The maximum atomic E-state index is 12.3. The van der Waals surface area contributed by atoms with E-state index in [1.165, 1.54) is 0 Å². The molecule has 0 spiro atoms. The molecule has 18 heavy (non-hydrogen) atoms. The fourth-order valence-electron chi connectivity index (χ4n) is 3.08. The van der Waals surface area contributed by atoms with Crippen LogP contribution in [0.15, 0.2) is 0 Å². The summed E-state index contributed by atoms with van der Waals surface area (Å²) in [5, 5.41) is 2.81. The highest BCUT2D eigenvalue weighted by Crippen LogP contribution is 2.28. The van der Waals surface area contributed by atoms with E-state index in [0.29, 0.717) is 31.8 Å². The van der Waals surface area contributed by atoms with Gasteiger partial charge < -0.3 is 16.0 Å². The van der Waals surface area contributed by atoms with Crippen molar-refractivity contribution in [3.05, 3.63) is 0 Å². The molecule has 0 aromatic heterocycles. The molecular formula is C13H23N3O2. The van der Waals surface area contributed by atoms with Crippen LogP contribution in [0.2, 0.25) is 0 Å². The Morgan fingerprint density at radius 1 is 1.50 bits per heavy atom. The summed E-state index contributed by atoms with van der Waals surface area (Å²) in [6.07, 6.45) is 4.37. The highest BCUT2D eigenvalue weighted by Gasteiger charge is 2.34. The van der Waals surface area contributed by atoms with Crippen LogP contribution < -0.4 is 11.1 Å². The average molecular weight is 253 g/mol. The number of carbonyl (C=O) groups excluding carboxylic acids is 2. The summed E-state index contributed by atoms with van der Waals surface area (Å²) in [6, 6.07) is -0.128. The molecule has 2 aliphatic rings. The van der Waals surface area contributed by atoms with E-state index in [1.807, 2.05) is 6.92 Å². The Kier molecular flexibility index (Phi) is 4.22. The van der Waals surface area contributed by atoms with Crippen LogP contribution in [-0.2, 0) is 9.59 Å². The van der Waals surface area contributed by atoms with Gasteiger partial charge in [-0.15, -0.1) is 0 Å². The number of hydrogen-bond acceptors (Lipinski definition) is 3. The third-order valence-corrected chi connectivity index (χ3v) is 4.19. The van der Waals surface area contributed by atoms with E-state index in [0.717, 1.165) is 19.3 Å². The Labute approximate surface area is 108 Å². The zero-order chi connectivity index (χ0) is 13.1. The summed E-state index contributed by atoms with van der Waals surface area (Å²) < 4.78 is 0. The Hall–Kier alpha value is -1.10. The number of amides is 2. The predicted octanol–water partition coefficient (Wildman–Crippen LogP) is 0.241. The Balaban J connectivity index is 1.96. The second-order valence-corrected chi connectivity index (χ2v) is 5.36.